The van der Waals surface area contributed by atoms with E-state index in [0.717, 1.165) is 23.1 Å². The summed E-state index contributed by atoms with van der Waals surface area (Å²) in [4.78, 5) is 40.2. The van der Waals surface area contributed by atoms with E-state index in [-0.39, 0.29) is 17.2 Å². The summed E-state index contributed by atoms with van der Waals surface area (Å²) < 4.78 is 5.99. The number of carbonyl (C=O) groups is 3. The third kappa shape index (κ3) is 5.81. The maximum absolute atomic E-state index is 13.6. The molecule has 5 rings (SSSR count). The minimum atomic E-state index is -0.877. The number of ether oxygens (including phenoxy) is 1. The van der Waals surface area contributed by atoms with Gasteiger partial charge in [-0.3, -0.25) is 19.3 Å². The number of aliphatic hydroxyl groups excluding tert-OH is 1. The molecule has 212 valence electrons. The van der Waals surface area contributed by atoms with Gasteiger partial charge in [0.15, 0.2) is 0 Å². The Hall–Kier alpha value is -5.17. The van der Waals surface area contributed by atoms with Crippen LogP contribution in [0.4, 0.5) is 11.4 Å². The molecule has 7 nitrogen and oxygen atoms in total. The fourth-order valence-electron chi connectivity index (χ4n) is 5.14. The Morgan fingerprint density at radius 2 is 1.64 bits per heavy atom. The van der Waals surface area contributed by atoms with Gasteiger partial charge in [0.2, 0.25) is 5.91 Å². The number of hydrogen-bond donors (Lipinski definition) is 2. The highest BCUT2D eigenvalue weighted by Gasteiger charge is 2.47. The molecule has 0 saturated carbocycles. The zero-order chi connectivity index (χ0) is 29.8. The molecule has 1 heterocycles. The molecule has 1 aliphatic heterocycles. The Balaban J connectivity index is 1.56. The second-order valence-electron chi connectivity index (χ2n) is 10.3. The lowest BCUT2D eigenvalue weighted by atomic mass is 9.94. The molecule has 0 aromatic heterocycles. The number of anilines is 2. The van der Waals surface area contributed by atoms with Crippen LogP contribution in [-0.2, 0) is 27.4 Å². The van der Waals surface area contributed by atoms with E-state index < -0.39 is 17.7 Å². The molecule has 0 radical (unpaired) electrons. The van der Waals surface area contributed by atoms with Crippen LogP contribution in [0.1, 0.15) is 47.7 Å². The highest BCUT2D eigenvalue weighted by Crippen LogP contribution is 2.43. The summed E-state index contributed by atoms with van der Waals surface area (Å²) in [5.74, 6) is -1.43. The predicted molar refractivity (Wildman–Crippen MR) is 163 cm³/mol. The zero-order valence-corrected chi connectivity index (χ0v) is 23.8. The number of nitrogens with one attached hydrogen (secondary N) is 1. The van der Waals surface area contributed by atoms with Crippen molar-refractivity contribution in [3.63, 3.8) is 0 Å². The van der Waals surface area contributed by atoms with Gasteiger partial charge in [0, 0.05) is 23.9 Å². The van der Waals surface area contributed by atoms with Crippen molar-refractivity contribution in [1.29, 1.82) is 0 Å². The van der Waals surface area contributed by atoms with Gasteiger partial charge >= 0.3 is 0 Å². The fraction of sp³-hybridized carbons (Fsp3) is 0.171. The van der Waals surface area contributed by atoms with Gasteiger partial charge in [-0.2, -0.15) is 0 Å². The van der Waals surface area contributed by atoms with Crippen molar-refractivity contribution in [2.75, 3.05) is 10.2 Å². The van der Waals surface area contributed by atoms with E-state index >= 15 is 0 Å². The van der Waals surface area contributed by atoms with E-state index in [0.29, 0.717) is 34.9 Å². The summed E-state index contributed by atoms with van der Waals surface area (Å²) >= 11 is 0. The third-order valence-corrected chi connectivity index (χ3v) is 7.28. The lowest BCUT2D eigenvalue weighted by Gasteiger charge is -2.26. The standard InChI is InChI=1S/C35H32N2O5/c1-4-24-13-15-26(16-14-24)32-31(34(40)35(41)37(32)29-12-8-11-28(20-29)36-23(3)38)33(39)27-17-18-30(22(2)19-27)42-21-25-9-6-5-7-10-25/h5-20,32,39H,4,21H2,1-3H3,(H,36,38)/b33-31+. The number of rotatable bonds is 8. The lowest BCUT2D eigenvalue weighted by molar-refractivity contribution is -0.132. The van der Waals surface area contributed by atoms with Crippen LogP contribution >= 0.6 is 0 Å². The van der Waals surface area contributed by atoms with Crippen molar-refractivity contribution < 1.29 is 24.2 Å². The van der Waals surface area contributed by atoms with Gasteiger partial charge in [-0.15, -0.1) is 0 Å². The van der Waals surface area contributed by atoms with Crippen LogP contribution in [-0.4, -0.2) is 22.7 Å². The SMILES string of the molecule is CCc1ccc(C2/C(=C(\O)c3ccc(OCc4ccccc4)c(C)c3)C(=O)C(=O)N2c2cccc(NC(C)=O)c2)cc1. The summed E-state index contributed by atoms with van der Waals surface area (Å²) in [5, 5.41) is 14.3. The molecule has 1 aliphatic rings. The van der Waals surface area contributed by atoms with E-state index in [1.165, 1.54) is 11.8 Å². The van der Waals surface area contributed by atoms with Crippen LogP contribution in [0.5, 0.6) is 5.75 Å². The molecule has 4 aromatic carbocycles. The molecule has 0 spiro atoms. The Morgan fingerprint density at radius 1 is 0.905 bits per heavy atom. The third-order valence-electron chi connectivity index (χ3n) is 7.28. The second-order valence-corrected chi connectivity index (χ2v) is 10.3. The van der Waals surface area contributed by atoms with Crippen molar-refractivity contribution >= 4 is 34.7 Å². The predicted octanol–water partition coefficient (Wildman–Crippen LogP) is 6.72. The molecule has 42 heavy (non-hydrogen) atoms. The van der Waals surface area contributed by atoms with E-state index in [1.807, 2.05) is 68.4 Å². The maximum Gasteiger partial charge on any atom is 0.300 e. The second kappa shape index (κ2) is 12.1. The Labute approximate surface area is 245 Å². The first-order valence-corrected chi connectivity index (χ1v) is 13.8. The number of carbonyl (C=O) groups excluding carboxylic acids is 3. The first-order valence-electron chi connectivity index (χ1n) is 13.8. The van der Waals surface area contributed by atoms with Crippen molar-refractivity contribution in [1.82, 2.24) is 0 Å². The molecule has 4 aromatic rings. The summed E-state index contributed by atoms with van der Waals surface area (Å²) in [5.41, 5.74) is 4.89. The van der Waals surface area contributed by atoms with E-state index in [4.69, 9.17) is 4.74 Å². The number of Topliss-reactive ketones (excluding diaryl/α,β-unsaturated/α-hetero) is 1. The van der Waals surface area contributed by atoms with Gasteiger partial charge in [0.05, 0.1) is 11.6 Å². The summed E-state index contributed by atoms with van der Waals surface area (Å²) in [6, 6.07) is 28.5. The average molecular weight is 561 g/mol. The lowest BCUT2D eigenvalue weighted by Crippen LogP contribution is -2.29. The van der Waals surface area contributed by atoms with Gasteiger partial charge in [0.1, 0.15) is 18.1 Å². The number of aliphatic hydroxyl groups is 1. The van der Waals surface area contributed by atoms with Crippen LogP contribution in [0.25, 0.3) is 5.76 Å². The Bertz CT molecular complexity index is 1680. The number of amides is 2. The molecule has 2 N–H and O–H groups in total. The molecule has 2 amide bonds. The van der Waals surface area contributed by atoms with E-state index in [9.17, 15) is 19.5 Å². The molecule has 1 atom stereocenters. The largest absolute Gasteiger partial charge is 0.507 e. The number of hydrogen-bond acceptors (Lipinski definition) is 5. The molecule has 7 heteroatoms. The Morgan fingerprint density at radius 3 is 2.31 bits per heavy atom. The molecule has 1 unspecified atom stereocenters. The summed E-state index contributed by atoms with van der Waals surface area (Å²) in [7, 11) is 0. The van der Waals surface area contributed by atoms with Crippen LogP contribution in [0.3, 0.4) is 0 Å². The van der Waals surface area contributed by atoms with Gasteiger partial charge in [0.25, 0.3) is 11.7 Å². The molecule has 1 saturated heterocycles. The van der Waals surface area contributed by atoms with Crippen LogP contribution in [0.2, 0.25) is 0 Å². The van der Waals surface area contributed by atoms with Crippen molar-refractivity contribution in [3.8, 4) is 5.75 Å². The van der Waals surface area contributed by atoms with E-state index in [1.54, 1.807) is 42.5 Å². The van der Waals surface area contributed by atoms with Crippen molar-refractivity contribution in [3.05, 3.63) is 130 Å². The first-order chi connectivity index (χ1) is 20.3. The van der Waals surface area contributed by atoms with Gasteiger partial charge in [-0.05, 0) is 72.0 Å². The quantitative estimate of drug-likeness (QED) is 0.142. The monoisotopic (exact) mass is 560 g/mol. The smallest absolute Gasteiger partial charge is 0.300 e. The highest BCUT2D eigenvalue weighted by molar-refractivity contribution is 6.51. The molecule has 0 aliphatic carbocycles. The Kier molecular flexibility index (Phi) is 8.20. The topological polar surface area (TPSA) is 95.9 Å². The number of aryl methyl sites for hydroxylation is 2. The summed E-state index contributed by atoms with van der Waals surface area (Å²) in [6.07, 6.45) is 0.831. The number of benzene rings is 4. The van der Waals surface area contributed by atoms with Gasteiger partial charge in [-0.1, -0.05) is 67.6 Å². The van der Waals surface area contributed by atoms with Crippen LogP contribution < -0.4 is 15.0 Å². The molecule has 0 bridgehead atoms. The summed E-state index contributed by atoms with van der Waals surface area (Å²) in [6.45, 7) is 5.70. The highest BCUT2D eigenvalue weighted by atomic mass is 16.5. The molecule has 1 fully saturated rings. The van der Waals surface area contributed by atoms with Crippen molar-refractivity contribution in [2.45, 2.75) is 39.8 Å². The molecular formula is C35H32N2O5. The number of ketones is 1. The zero-order valence-electron chi connectivity index (χ0n) is 23.8. The van der Waals surface area contributed by atoms with Gasteiger partial charge < -0.3 is 15.2 Å². The maximum atomic E-state index is 13.6. The van der Waals surface area contributed by atoms with E-state index in [2.05, 4.69) is 5.32 Å². The molecular weight excluding hydrogens is 528 g/mol. The normalized spacial score (nSPS) is 16.0. The first kappa shape index (κ1) is 28.4. The minimum absolute atomic E-state index is 0.00784. The fourth-order valence-corrected chi connectivity index (χ4v) is 5.14. The van der Waals surface area contributed by atoms with Crippen LogP contribution in [0.15, 0.2) is 103 Å². The number of nitrogens with zero attached hydrogens (tertiary/aromatic N) is 1. The van der Waals surface area contributed by atoms with Crippen molar-refractivity contribution in [2.24, 2.45) is 0 Å². The average Bonchev–Trinajstić information content (AvgIpc) is 3.26. The van der Waals surface area contributed by atoms with Gasteiger partial charge in [-0.25, -0.2) is 0 Å². The minimum Gasteiger partial charge on any atom is -0.507 e. The van der Waals surface area contributed by atoms with Crippen LogP contribution in [0, 0.1) is 6.92 Å².